The van der Waals surface area contributed by atoms with E-state index >= 15 is 0 Å². The van der Waals surface area contributed by atoms with Gasteiger partial charge in [0.1, 0.15) is 11.5 Å². The Kier molecular flexibility index (Phi) is 3.48. The van der Waals surface area contributed by atoms with Gasteiger partial charge in [-0.05, 0) is 43.8 Å². The maximum atomic E-state index is 5.88. The molecule has 0 aromatic heterocycles. The summed E-state index contributed by atoms with van der Waals surface area (Å²) in [5.41, 5.74) is 1.19. The molecule has 1 aliphatic heterocycles. The van der Waals surface area contributed by atoms with Gasteiger partial charge in [0.25, 0.3) is 0 Å². The van der Waals surface area contributed by atoms with Gasteiger partial charge in [-0.2, -0.15) is 0 Å². The summed E-state index contributed by atoms with van der Waals surface area (Å²) in [5, 5.41) is 3.21. The largest absolute Gasteiger partial charge is 0.457 e. The van der Waals surface area contributed by atoms with Gasteiger partial charge in [-0.3, -0.25) is 0 Å². The highest BCUT2D eigenvalue weighted by molar-refractivity contribution is 5.48. The molecule has 0 spiro atoms. The fraction of sp³-hybridized carbons (Fsp3) is 0.250. The lowest BCUT2D eigenvalue weighted by molar-refractivity contribution is 0.174. The molecule has 1 N–H and O–H groups in total. The number of nitrogens with one attached hydrogen (secondary N) is 1. The lowest BCUT2D eigenvalue weighted by Crippen LogP contribution is -2.11. The molecule has 0 bridgehead atoms. The molecule has 1 unspecified atom stereocenters. The molecule has 0 amide bonds. The summed E-state index contributed by atoms with van der Waals surface area (Å²) in [7, 11) is 1.94. The second-order valence-electron chi connectivity index (χ2n) is 4.70. The van der Waals surface area contributed by atoms with Crippen LogP contribution in [0.15, 0.2) is 42.5 Å². The first-order valence-corrected chi connectivity index (χ1v) is 6.61. The molecule has 104 valence electrons. The second kappa shape index (κ2) is 5.43. The molecule has 1 heterocycles. The van der Waals surface area contributed by atoms with Gasteiger partial charge in [0.05, 0.1) is 0 Å². The van der Waals surface area contributed by atoms with Gasteiger partial charge in [0, 0.05) is 12.1 Å². The van der Waals surface area contributed by atoms with Crippen molar-refractivity contribution in [1.82, 2.24) is 5.32 Å². The van der Waals surface area contributed by atoms with Crippen molar-refractivity contribution in [3.63, 3.8) is 0 Å². The molecule has 2 aromatic carbocycles. The van der Waals surface area contributed by atoms with Crippen molar-refractivity contribution in [3.05, 3.63) is 48.0 Å². The molecule has 2 aromatic rings. The maximum Gasteiger partial charge on any atom is 0.231 e. The van der Waals surface area contributed by atoms with E-state index in [2.05, 4.69) is 18.3 Å². The minimum Gasteiger partial charge on any atom is -0.457 e. The Hall–Kier alpha value is -2.20. The Bertz CT molecular complexity index is 612. The minimum absolute atomic E-state index is 0.272. The van der Waals surface area contributed by atoms with Gasteiger partial charge >= 0.3 is 0 Å². The number of hydrogen-bond acceptors (Lipinski definition) is 4. The van der Waals surface area contributed by atoms with Crippen molar-refractivity contribution in [2.75, 3.05) is 13.8 Å². The zero-order valence-electron chi connectivity index (χ0n) is 11.6. The van der Waals surface area contributed by atoms with Crippen LogP contribution < -0.4 is 19.5 Å². The molecule has 4 nitrogen and oxygen atoms in total. The van der Waals surface area contributed by atoms with Crippen molar-refractivity contribution in [2.45, 2.75) is 13.0 Å². The van der Waals surface area contributed by atoms with Crippen LogP contribution in [0.2, 0.25) is 0 Å². The van der Waals surface area contributed by atoms with Crippen LogP contribution in [0.4, 0.5) is 0 Å². The quantitative estimate of drug-likeness (QED) is 0.924. The van der Waals surface area contributed by atoms with Crippen LogP contribution in [0.25, 0.3) is 0 Å². The van der Waals surface area contributed by atoms with E-state index in [1.54, 1.807) is 0 Å². The van der Waals surface area contributed by atoms with Gasteiger partial charge in [-0.15, -0.1) is 0 Å². The Morgan fingerprint density at radius 3 is 2.70 bits per heavy atom. The lowest BCUT2D eigenvalue weighted by Gasteiger charge is -2.12. The zero-order valence-corrected chi connectivity index (χ0v) is 11.6. The summed E-state index contributed by atoms with van der Waals surface area (Å²) in [6.45, 7) is 2.38. The van der Waals surface area contributed by atoms with E-state index in [0.29, 0.717) is 0 Å². The van der Waals surface area contributed by atoms with Crippen LogP contribution in [-0.4, -0.2) is 13.8 Å². The average molecular weight is 271 g/mol. The van der Waals surface area contributed by atoms with Crippen LogP contribution >= 0.6 is 0 Å². The third-order valence-electron chi connectivity index (χ3n) is 3.37. The van der Waals surface area contributed by atoms with Crippen LogP contribution in [0, 0.1) is 0 Å². The van der Waals surface area contributed by atoms with E-state index in [4.69, 9.17) is 14.2 Å². The predicted octanol–water partition coefficient (Wildman–Crippen LogP) is 3.49. The topological polar surface area (TPSA) is 39.7 Å². The van der Waals surface area contributed by atoms with Gasteiger partial charge in [-0.25, -0.2) is 0 Å². The minimum atomic E-state index is 0.272. The van der Waals surface area contributed by atoms with Crippen LogP contribution in [0.1, 0.15) is 18.5 Å². The van der Waals surface area contributed by atoms with E-state index in [0.717, 1.165) is 23.0 Å². The molecular weight excluding hydrogens is 254 g/mol. The lowest BCUT2D eigenvalue weighted by atomic mass is 10.1. The number of ether oxygens (including phenoxy) is 3. The Balaban J connectivity index is 1.81. The molecule has 1 aliphatic rings. The second-order valence-corrected chi connectivity index (χ2v) is 4.70. The summed E-state index contributed by atoms with van der Waals surface area (Å²) in [6, 6.07) is 13.9. The Labute approximate surface area is 118 Å². The molecule has 3 rings (SSSR count). The van der Waals surface area contributed by atoms with Crippen molar-refractivity contribution in [2.24, 2.45) is 0 Å². The first-order chi connectivity index (χ1) is 9.76. The first kappa shape index (κ1) is 12.8. The van der Waals surface area contributed by atoms with E-state index in [9.17, 15) is 0 Å². The number of hydrogen-bond donors (Lipinski definition) is 1. The summed E-state index contributed by atoms with van der Waals surface area (Å²) in [4.78, 5) is 0. The van der Waals surface area contributed by atoms with Crippen LogP contribution in [0.5, 0.6) is 23.0 Å². The summed E-state index contributed by atoms with van der Waals surface area (Å²) < 4.78 is 16.5. The summed E-state index contributed by atoms with van der Waals surface area (Å²) in [6.07, 6.45) is 0. The molecule has 0 saturated carbocycles. The van der Waals surface area contributed by atoms with Gasteiger partial charge in [0.15, 0.2) is 11.5 Å². The molecule has 4 heteroatoms. The zero-order chi connectivity index (χ0) is 13.9. The molecule has 0 saturated heterocycles. The molecule has 0 fully saturated rings. The van der Waals surface area contributed by atoms with E-state index in [1.807, 2.05) is 43.4 Å². The maximum absolute atomic E-state index is 5.88. The molecule has 0 radical (unpaired) electrons. The SMILES string of the molecule is CNC(C)c1cccc(Oc2ccc3c(c2)OCO3)c1. The third kappa shape index (κ3) is 2.56. The molecule has 20 heavy (non-hydrogen) atoms. The van der Waals surface area contributed by atoms with E-state index in [-0.39, 0.29) is 12.8 Å². The van der Waals surface area contributed by atoms with Gasteiger partial charge < -0.3 is 19.5 Å². The molecule has 0 aliphatic carbocycles. The van der Waals surface area contributed by atoms with Crippen molar-refractivity contribution < 1.29 is 14.2 Å². The summed E-state index contributed by atoms with van der Waals surface area (Å²) >= 11 is 0. The molecule has 1 atom stereocenters. The van der Waals surface area contributed by atoms with E-state index < -0.39 is 0 Å². The normalized spacial score (nSPS) is 14.1. The van der Waals surface area contributed by atoms with Gasteiger partial charge in [-0.1, -0.05) is 12.1 Å². The Morgan fingerprint density at radius 1 is 1.05 bits per heavy atom. The van der Waals surface area contributed by atoms with Gasteiger partial charge in [0.2, 0.25) is 6.79 Å². The third-order valence-corrected chi connectivity index (χ3v) is 3.37. The number of benzene rings is 2. The predicted molar refractivity (Wildman–Crippen MR) is 76.6 cm³/mol. The Morgan fingerprint density at radius 2 is 1.85 bits per heavy atom. The first-order valence-electron chi connectivity index (χ1n) is 6.61. The van der Waals surface area contributed by atoms with Crippen molar-refractivity contribution >= 4 is 0 Å². The average Bonchev–Trinajstić information content (AvgIpc) is 2.94. The molecular formula is C16H17NO3. The fourth-order valence-corrected chi connectivity index (χ4v) is 2.09. The highest BCUT2D eigenvalue weighted by Crippen LogP contribution is 2.36. The monoisotopic (exact) mass is 271 g/mol. The summed E-state index contributed by atoms with van der Waals surface area (Å²) in [5.74, 6) is 3.03. The van der Waals surface area contributed by atoms with Crippen molar-refractivity contribution in [1.29, 1.82) is 0 Å². The number of fused-ring (bicyclic) bond motifs is 1. The number of rotatable bonds is 4. The van der Waals surface area contributed by atoms with Crippen molar-refractivity contribution in [3.8, 4) is 23.0 Å². The van der Waals surface area contributed by atoms with Crippen LogP contribution in [-0.2, 0) is 0 Å². The van der Waals surface area contributed by atoms with E-state index in [1.165, 1.54) is 5.56 Å². The standard InChI is InChI=1S/C16H17NO3/c1-11(17-2)12-4-3-5-13(8-12)20-14-6-7-15-16(9-14)19-10-18-15/h3-9,11,17H,10H2,1-2H3. The van der Waals surface area contributed by atoms with Crippen LogP contribution in [0.3, 0.4) is 0 Å². The fourth-order valence-electron chi connectivity index (χ4n) is 2.09. The smallest absolute Gasteiger partial charge is 0.231 e. The highest BCUT2D eigenvalue weighted by atomic mass is 16.7. The highest BCUT2D eigenvalue weighted by Gasteiger charge is 2.14.